The molecule has 1 atom stereocenters. The zero-order chi connectivity index (χ0) is 13.9. The van der Waals surface area contributed by atoms with Crippen LogP contribution in [0.5, 0.6) is 5.75 Å². The van der Waals surface area contributed by atoms with Crippen molar-refractivity contribution in [2.75, 3.05) is 13.6 Å². The molecular formula is C13H19F2NO2. The molecule has 0 fully saturated rings. The minimum absolute atomic E-state index is 0.0450. The van der Waals surface area contributed by atoms with Crippen molar-refractivity contribution in [1.29, 1.82) is 0 Å². The molecule has 1 aromatic rings. The highest BCUT2D eigenvalue weighted by Crippen LogP contribution is 2.37. The topological polar surface area (TPSA) is 52.5 Å². The lowest BCUT2D eigenvalue weighted by Crippen LogP contribution is -2.17. The molecule has 0 aromatic heterocycles. The summed E-state index contributed by atoms with van der Waals surface area (Å²) in [6.45, 7) is 3.93. The van der Waals surface area contributed by atoms with Crippen molar-refractivity contribution < 1.29 is 19.0 Å². The number of aliphatic hydroxyl groups is 1. The molecule has 3 N–H and O–H groups in total. The molecule has 0 aliphatic heterocycles. The van der Waals surface area contributed by atoms with Crippen LogP contribution in [0.15, 0.2) is 12.1 Å². The number of phenols is 1. The highest BCUT2D eigenvalue weighted by Gasteiger charge is 2.22. The Labute approximate surface area is 105 Å². The highest BCUT2D eigenvalue weighted by atomic mass is 19.3. The van der Waals surface area contributed by atoms with E-state index >= 15 is 0 Å². The first-order chi connectivity index (χ1) is 8.38. The number of hydrogen-bond donors (Lipinski definition) is 3. The molecule has 0 bridgehead atoms. The number of rotatable bonds is 5. The number of hydrogen-bond acceptors (Lipinski definition) is 3. The number of phenolic OH excluding ortho intramolecular Hbond substituents is 1. The third-order valence-electron chi connectivity index (χ3n) is 2.85. The van der Waals surface area contributed by atoms with Gasteiger partial charge in [0.2, 0.25) is 0 Å². The van der Waals surface area contributed by atoms with Gasteiger partial charge in [0.05, 0.1) is 11.7 Å². The fourth-order valence-electron chi connectivity index (χ4n) is 1.76. The Morgan fingerprint density at radius 2 is 1.78 bits per heavy atom. The molecule has 0 aliphatic carbocycles. The van der Waals surface area contributed by atoms with Gasteiger partial charge in [-0.2, -0.15) is 0 Å². The van der Waals surface area contributed by atoms with Crippen LogP contribution in [0.3, 0.4) is 0 Å². The largest absolute Gasteiger partial charge is 0.507 e. The summed E-state index contributed by atoms with van der Waals surface area (Å²) in [6.07, 6.45) is -3.77. The molecule has 5 heteroatoms. The molecule has 0 amide bonds. The molecule has 0 radical (unpaired) electrons. The summed E-state index contributed by atoms with van der Waals surface area (Å²) in [7, 11) is 1.64. The van der Waals surface area contributed by atoms with E-state index in [0.29, 0.717) is 5.56 Å². The Hall–Kier alpha value is -1.20. The van der Waals surface area contributed by atoms with E-state index in [4.69, 9.17) is 0 Å². The number of halogens is 2. The SMILES string of the molecule is CNCC(O)c1cc(C(C)C)cc(C(F)F)c1O. The average molecular weight is 259 g/mol. The van der Waals surface area contributed by atoms with Crippen LogP contribution in [0.25, 0.3) is 0 Å². The molecule has 1 aromatic carbocycles. The number of benzene rings is 1. The van der Waals surface area contributed by atoms with Gasteiger partial charge in [0, 0.05) is 12.1 Å². The third kappa shape index (κ3) is 3.17. The standard InChI is InChI=1S/C13H19F2NO2/c1-7(2)8-4-9(11(17)6-16-3)12(18)10(5-8)13(14)15/h4-5,7,11,13,16-18H,6H2,1-3H3. The van der Waals surface area contributed by atoms with Crippen LogP contribution in [-0.2, 0) is 0 Å². The third-order valence-corrected chi connectivity index (χ3v) is 2.85. The second-order valence-corrected chi connectivity index (χ2v) is 4.58. The van der Waals surface area contributed by atoms with Gasteiger partial charge in [-0.3, -0.25) is 0 Å². The molecule has 0 heterocycles. The molecule has 3 nitrogen and oxygen atoms in total. The monoisotopic (exact) mass is 259 g/mol. The molecule has 0 aliphatic rings. The summed E-state index contributed by atoms with van der Waals surface area (Å²) in [6, 6.07) is 2.87. The van der Waals surface area contributed by atoms with E-state index in [0.717, 1.165) is 0 Å². The molecular weight excluding hydrogens is 240 g/mol. The van der Waals surface area contributed by atoms with Gasteiger partial charge in [-0.25, -0.2) is 8.78 Å². The van der Waals surface area contributed by atoms with Crippen LogP contribution in [0, 0.1) is 0 Å². The Bertz CT molecular complexity index is 408. The second-order valence-electron chi connectivity index (χ2n) is 4.58. The van der Waals surface area contributed by atoms with Crippen LogP contribution in [0.4, 0.5) is 8.78 Å². The second kappa shape index (κ2) is 6.11. The van der Waals surface area contributed by atoms with Crippen molar-refractivity contribution in [3.05, 3.63) is 28.8 Å². The van der Waals surface area contributed by atoms with Crippen molar-refractivity contribution in [3.8, 4) is 5.75 Å². The van der Waals surface area contributed by atoms with Gasteiger partial charge >= 0.3 is 0 Å². The van der Waals surface area contributed by atoms with Crippen molar-refractivity contribution in [2.24, 2.45) is 0 Å². The lowest BCUT2D eigenvalue weighted by molar-refractivity contribution is 0.143. The Kier molecular flexibility index (Phi) is 5.04. The predicted octanol–water partition coefficient (Wildman–Crippen LogP) is 2.71. The van der Waals surface area contributed by atoms with Gasteiger partial charge in [0.25, 0.3) is 6.43 Å². The minimum atomic E-state index is -2.76. The quantitative estimate of drug-likeness (QED) is 0.762. The minimum Gasteiger partial charge on any atom is -0.507 e. The molecule has 1 rings (SSSR count). The number of alkyl halides is 2. The summed E-state index contributed by atoms with van der Waals surface area (Å²) in [5.74, 6) is -0.471. The number of aliphatic hydroxyl groups excluding tert-OH is 1. The zero-order valence-corrected chi connectivity index (χ0v) is 10.7. The van der Waals surface area contributed by atoms with Crippen molar-refractivity contribution in [1.82, 2.24) is 5.32 Å². The van der Waals surface area contributed by atoms with Gasteiger partial charge in [0.15, 0.2) is 0 Å². The normalized spacial score (nSPS) is 13.3. The summed E-state index contributed by atoms with van der Waals surface area (Å²) in [4.78, 5) is 0. The maximum absolute atomic E-state index is 12.8. The van der Waals surface area contributed by atoms with E-state index < -0.39 is 23.8 Å². The fraction of sp³-hybridized carbons (Fsp3) is 0.538. The fourth-order valence-corrected chi connectivity index (χ4v) is 1.76. The van der Waals surface area contributed by atoms with E-state index in [-0.39, 0.29) is 18.0 Å². The van der Waals surface area contributed by atoms with Crippen LogP contribution < -0.4 is 5.32 Å². The van der Waals surface area contributed by atoms with E-state index in [1.54, 1.807) is 13.1 Å². The van der Waals surface area contributed by atoms with Crippen LogP contribution in [0.1, 0.15) is 49.0 Å². The lowest BCUT2D eigenvalue weighted by atomic mass is 9.94. The summed E-state index contributed by atoms with van der Waals surface area (Å²) in [5, 5.41) is 22.4. The van der Waals surface area contributed by atoms with E-state index in [1.807, 2.05) is 13.8 Å². The van der Waals surface area contributed by atoms with Crippen molar-refractivity contribution in [2.45, 2.75) is 32.3 Å². The van der Waals surface area contributed by atoms with E-state index in [9.17, 15) is 19.0 Å². The first-order valence-electron chi connectivity index (χ1n) is 5.86. The van der Waals surface area contributed by atoms with Crippen LogP contribution >= 0.6 is 0 Å². The number of aromatic hydroxyl groups is 1. The molecule has 0 saturated carbocycles. The Morgan fingerprint density at radius 3 is 2.22 bits per heavy atom. The smallest absolute Gasteiger partial charge is 0.267 e. The predicted molar refractivity (Wildman–Crippen MR) is 66.0 cm³/mol. The summed E-state index contributed by atoms with van der Waals surface area (Å²) in [5.41, 5.74) is 0.394. The van der Waals surface area contributed by atoms with Gasteiger partial charge in [-0.15, -0.1) is 0 Å². The van der Waals surface area contributed by atoms with Crippen LogP contribution in [0.2, 0.25) is 0 Å². The number of nitrogens with one attached hydrogen (secondary N) is 1. The van der Waals surface area contributed by atoms with Crippen LogP contribution in [-0.4, -0.2) is 23.8 Å². The van der Waals surface area contributed by atoms with Crippen molar-refractivity contribution >= 4 is 0 Å². The molecule has 0 spiro atoms. The highest BCUT2D eigenvalue weighted by molar-refractivity contribution is 5.46. The van der Waals surface area contributed by atoms with E-state index in [1.165, 1.54) is 6.07 Å². The van der Waals surface area contributed by atoms with E-state index in [2.05, 4.69) is 5.32 Å². The maximum Gasteiger partial charge on any atom is 0.267 e. The first-order valence-corrected chi connectivity index (χ1v) is 5.86. The lowest BCUT2D eigenvalue weighted by Gasteiger charge is -2.18. The van der Waals surface area contributed by atoms with Gasteiger partial charge in [0.1, 0.15) is 5.75 Å². The number of likely N-dealkylation sites (N-methyl/N-ethyl adjacent to an activating group) is 1. The Morgan fingerprint density at radius 1 is 1.22 bits per heavy atom. The van der Waals surface area contributed by atoms with Gasteiger partial charge < -0.3 is 15.5 Å². The van der Waals surface area contributed by atoms with Gasteiger partial charge in [-0.1, -0.05) is 13.8 Å². The maximum atomic E-state index is 12.8. The van der Waals surface area contributed by atoms with Crippen molar-refractivity contribution in [3.63, 3.8) is 0 Å². The summed E-state index contributed by atoms with van der Waals surface area (Å²) >= 11 is 0. The Balaban J connectivity index is 3.31. The summed E-state index contributed by atoms with van der Waals surface area (Å²) < 4.78 is 25.7. The zero-order valence-electron chi connectivity index (χ0n) is 10.7. The molecule has 0 saturated heterocycles. The molecule has 102 valence electrons. The average Bonchev–Trinajstić information content (AvgIpc) is 2.28. The van der Waals surface area contributed by atoms with Gasteiger partial charge in [-0.05, 0) is 30.7 Å². The molecule has 18 heavy (non-hydrogen) atoms. The molecule has 1 unspecified atom stereocenters. The first kappa shape index (κ1) is 14.9.